The summed E-state index contributed by atoms with van der Waals surface area (Å²) < 4.78 is 11.9. The van der Waals surface area contributed by atoms with Gasteiger partial charge in [-0.25, -0.2) is 4.68 Å². The predicted octanol–water partition coefficient (Wildman–Crippen LogP) is 2.43. The SMILES string of the molecule is CC(Br)c1cn(Cc2noc(-c3ccco3)n2)nn1. The molecule has 3 aromatic rings. The highest BCUT2D eigenvalue weighted by molar-refractivity contribution is 9.09. The van der Waals surface area contributed by atoms with Crippen LogP contribution in [0.25, 0.3) is 11.7 Å². The van der Waals surface area contributed by atoms with E-state index in [2.05, 4.69) is 36.4 Å². The number of hydrogen-bond acceptors (Lipinski definition) is 6. The molecule has 0 saturated heterocycles. The minimum atomic E-state index is 0.158. The maximum absolute atomic E-state index is 5.18. The molecule has 3 rings (SSSR count). The molecular formula is C11H10BrN5O2. The number of rotatable bonds is 4. The lowest BCUT2D eigenvalue weighted by molar-refractivity contribution is 0.406. The van der Waals surface area contributed by atoms with E-state index < -0.39 is 0 Å². The summed E-state index contributed by atoms with van der Waals surface area (Å²) in [6, 6.07) is 3.53. The van der Waals surface area contributed by atoms with E-state index in [4.69, 9.17) is 8.94 Å². The lowest BCUT2D eigenvalue weighted by Crippen LogP contribution is -2.02. The van der Waals surface area contributed by atoms with Gasteiger partial charge in [-0.2, -0.15) is 4.98 Å². The zero-order valence-electron chi connectivity index (χ0n) is 10.0. The Hall–Kier alpha value is -1.96. The number of alkyl halides is 1. The molecule has 0 spiro atoms. The van der Waals surface area contributed by atoms with Crippen LogP contribution in [0.1, 0.15) is 23.3 Å². The smallest absolute Gasteiger partial charge is 0.293 e. The lowest BCUT2D eigenvalue weighted by Gasteiger charge is -1.94. The van der Waals surface area contributed by atoms with Gasteiger partial charge >= 0.3 is 0 Å². The molecular weight excluding hydrogens is 314 g/mol. The van der Waals surface area contributed by atoms with Gasteiger partial charge in [-0.05, 0) is 19.1 Å². The molecule has 0 amide bonds. The molecule has 3 aromatic heterocycles. The summed E-state index contributed by atoms with van der Waals surface area (Å²) in [6.45, 7) is 2.38. The molecule has 0 fully saturated rings. The average Bonchev–Trinajstić information content (AvgIpc) is 3.09. The maximum atomic E-state index is 5.18. The number of hydrogen-bond donors (Lipinski definition) is 0. The summed E-state index contributed by atoms with van der Waals surface area (Å²) in [5, 5.41) is 11.9. The van der Waals surface area contributed by atoms with E-state index in [-0.39, 0.29) is 4.83 Å². The van der Waals surface area contributed by atoms with E-state index in [1.165, 1.54) is 0 Å². The Bertz CT molecular complexity index is 658. The van der Waals surface area contributed by atoms with Crippen molar-refractivity contribution in [2.24, 2.45) is 0 Å². The molecule has 3 heterocycles. The van der Waals surface area contributed by atoms with Crippen LogP contribution in [0.15, 0.2) is 33.5 Å². The first kappa shape index (κ1) is 12.1. The second kappa shape index (κ2) is 4.96. The summed E-state index contributed by atoms with van der Waals surface area (Å²) in [4.78, 5) is 4.39. The molecule has 0 N–H and O–H groups in total. The molecule has 0 bridgehead atoms. The number of halogens is 1. The molecule has 0 aliphatic heterocycles. The summed E-state index contributed by atoms with van der Waals surface area (Å²) in [7, 11) is 0. The van der Waals surface area contributed by atoms with Crippen LogP contribution >= 0.6 is 15.9 Å². The van der Waals surface area contributed by atoms with E-state index in [1.54, 1.807) is 23.1 Å². The van der Waals surface area contributed by atoms with Crippen molar-refractivity contribution in [3.05, 3.63) is 36.1 Å². The number of nitrogens with zero attached hydrogens (tertiary/aromatic N) is 5. The van der Waals surface area contributed by atoms with Crippen LogP contribution < -0.4 is 0 Å². The van der Waals surface area contributed by atoms with Gasteiger partial charge in [0.05, 0.1) is 23.0 Å². The normalized spacial score (nSPS) is 12.7. The fraction of sp³-hybridized carbons (Fsp3) is 0.273. The Balaban J connectivity index is 1.76. The molecule has 0 saturated carbocycles. The highest BCUT2D eigenvalue weighted by atomic mass is 79.9. The minimum absolute atomic E-state index is 0.158. The maximum Gasteiger partial charge on any atom is 0.293 e. The molecule has 1 unspecified atom stereocenters. The number of aromatic nitrogens is 5. The third kappa shape index (κ3) is 2.58. The van der Waals surface area contributed by atoms with Crippen LogP contribution in [-0.4, -0.2) is 25.1 Å². The Morgan fingerprint density at radius 1 is 1.47 bits per heavy atom. The summed E-state index contributed by atoms with van der Waals surface area (Å²) in [6.07, 6.45) is 3.39. The first-order valence-corrected chi connectivity index (χ1v) is 6.54. The molecule has 7 nitrogen and oxygen atoms in total. The first-order chi connectivity index (χ1) is 9.22. The van der Waals surface area contributed by atoms with Crippen LogP contribution in [0.2, 0.25) is 0 Å². The second-order valence-electron chi connectivity index (χ2n) is 3.95. The Morgan fingerprint density at radius 3 is 3.05 bits per heavy atom. The van der Waals surface area contributed by atoms with Gasteiger partial charge < -0.3 is 8.94 Å². The fourth-order valence-electron chi connectivity index (χ4n) is 1.54. The van der Waals surface area contributed by atoms with Crippen molar-refractivity contribution >= 4 is 15.9 Å². The van der Waals surface area contributed by atoms with E-state index >= 15 is 0 Å². The summed E-state index contributed by atoms with van der Waals surface area (Å²) in [5.41, 5.74) is 0.856. The first-order valence-electron chi connectivity index (χ1n) is 5.63. The fourth-order valence-corrected chi connectivity index (χ4v) is 1.75. The van der Waals surface area contributed by atoms with Gasteiger partial charge in [-0.1, -0.05) is 26.3 Å². The van der Waals surface area contributed by atoms with Crippen molar-refractivity contribution in [3.8, 4) is 11.7 Å². The van der Waals surface area contributed by atoms with Crippen molar-refractivity contribution < 1.29 is 8.94 Å². The monoisotopic (exact) mass is 323 g/mol. The zero-order valence-corrected chi connectivity index (χ0v) is 11.6. The van der Waals surface area contributed by atoms with Gasteiger partial charge in [0, 0.05) is 0 Å². The van der Waals surface area contributed by atoms with Crippen molar-refractivity contribution in [3.63, 3.8) is 0 Å². The highest BCUT2D eigenvalue weighted by Gasteiger charge is 2.13. The predicted molar refractivity (Wildman–Crippen MR) is 68.5 cm³/mol. The van der Waals surface area contributed by atoms with Gasteiger partial charge in [0.15, 0.2) is 11.6 Å². The highest BCUT2D eigenvalue weighted by Crippen LogP contribution is 2.19. The number of furan rings is 1. The van der Waals surface area contributed by atoms with Crippen LogP contribution in [0.4, 0.5) is 0 Å². The third-order valence-corrected chi connectivity index (χ3v) is 2.94. The Labute approximate surface area is 116 Å². The second-order valence-corrected chi connectivity index (χ2v) is 5.32. The molecule has 0 aliphatic rings. The van der Waals surface area contributed by atoms with Crippen molar-refractivity contribution in [2.75, 3.05) is 0 Å². The summed E-state index contributed by atoms with van der Waals surface area (Å²) >= 11 is 3.43. The average molecular weight is 324 g/mol. The third-order valence-electron chi connectivity index (χ3n) is 2.47. The molecule has 19 heavy (non-hydrogen) atoms. The van der Waals surface area contributed by atoms with Crippen molar-refractivity contribution in [2.45, 2.75) is 18.3 Å². The van der Waals surface area contributed by atoms with Crippen LogP contribution in [-0.2, 0) is 6.54 Å². The zero-order chi connectivity index (χ0) is 13.2. The van der Waals surface area contributed by atoms with Crippen LogP contribution in [0.3, 0.4) is 0 Å². The van der Waals surface area contributed by atoms with Crippen LogP contribution in [0.5, 0.6) is 0 Å². The van der Waals surface area contributed by atoms with E-state index in [1.807, 2.05) is 13.1 Å². The van der Waals surface area contributed by atoms with Gasteiger partial charge in [-0.3, -0.25) is 0 Å². The van der Waals surface area contributed by atoms with Crippen molar-refractivity contribution in [1.82, 2.24) is 25.1 Å². The Kier molecular flexibility index (Phi) is 3.16. The standard InChI is InChI=1S/C11H10BrN5O2/c1-7(12)8-5-17(16-14-8)6-10-13-11(19-15-10)9-3-2-4-18-9/h2-5,7H,6H2,1H3. The van der Waals surface area contributed by atoms with Crippen LogP contribution in [0, 0.1) is 0 Å². The molecule has 0 aliphatic carbocycles. The summed E-state index contributed by atoms with van der Waals surface area (Å²) in [5.74, 6) is 1.42. The van der Waals surface area contributed by atoms with E-state index in [0.29, 0.717) is 24.0 Å². The Morgan fingerprint density at radius 2 is 2.37 bits per heavy atom. The van der Waals surface area contributed by atoms with Gasteiger partial charge in [0.1, 0.15) is 6.54 Å². The molecule has 0 aromatic carbocycles. The largest absolute Gasteiger partial charge is 0.459 e. The molecule has 0 radical (unpaired) electrons. The minimum Gasteiger partial charge on any atom is -0.459 e. The van der Waals surface area contributed by atoms with Crippen molar-refractivity contribution in [1.29, 1.82) is 0 Å². The lowest BCUT2D eigenvalue weighted by atomic mass is 10.4. The van der Waals surface area contributed by atoms with E-state index in [9.17, 15) is 0 Å². The molecule has 8 heteroatoms. The van der Waals surface area contributed by atoms with Gasteiger partial charge in [0.25, 0.3) is 5.89 Å². The topological polar surface area (TPSA) is 82.8 Å². The molecule has 98 valence electrons. The molecule has 1 atom stereocenters. The van der Waals surface area contributed by atoms with Gasteiger partial charge in [0.2, 0.25) is 0 Å². The van der Waals surface area contributed by atoms with Gasteiger partial charge in [-0.15, -0.1) is 5.10 Å². The van der Waals surface area contributed by atoms with E-state index in [0.717, 1.165) is 5.69 Å². The quantitative estimate of drug-likeness (QED) is 0.686.